The van der Waals surface area contributed by atoms with E-state index in [0.29, 0.717) is 13.2 Å². The number of amides is 2. The molecule has 1 aliphatic rings. The van der Waals surface area contributed by atoms with Gasteiger partial charge in [0.1, 0.15) is 5.75 Å². The van der Waals surface area contributed by atoms with E-state index in [1.165, 1.54) is 0 Å². The van der Waals surface area contributed by atoms with Crippen LogP contribution in [0.15, 0.2) is 24.3 Å². The third-order valence-corrected chi connectivity index (χ3v) is 3.94. The maximum absolute atomic E-state index is 11.7. The molecule has 2 rings (SSSR count). The van der Waals surface area contributed by atoms with Gasteiger partial charge in [0, 0.05) is 44.3 Å². The summed E-state index contributed by atoms with van der Waals surface area (Å²) in [6.07, 6.45) is 0.976. The molecule has 5 nitrogen and oxygen atoms in total. The van der Waals surface area contributed by atoms with Gasteiger partial charge in [0.25, 0.3) is 0 Å². The Hall–Kier alpha value is -1.46. The Labute approximate surface area is 137 Å². The van der Waals surface area contributed by atoms with Gasteiger partial charge in [-0.15, -0.1) is 0 Å². The molecule has 0 unspecified atom stereocenters. The highest BCUT2D eigenvalue weighted by Gasteiger charge is 2.19. The van der Waals surface area contributed by atoms with Crippen molar-refractivity contribution < 1.29 is 9.53 Å². The molecule has 0 atom stereocenters. The van der Waals surface area contributed by atoms with E-state index in [2.05, 4.69) is 10.2 Å². The van der Waals surface area contributed by atoms with Crippen LogP contribution in [0.4, 0.5) is 4.79 Å². The Balaban J connectivity index is 1.59. The first-order valence-corrected chi connectivity index (χ1v) is 8.20. The number of benzene rings is 1. The predicted molar refractivity (Wildman–Crippen MR) is 88.6 cm³/mol. The van der Waals surface area contributed by atoms with E-state index in [-0.39, 0.29) is 6.03 Å². The highest BCUT2D eigenvalue weighted by atomic mass is 35.5. The van der Waals surface area contributed by atoms with Gasteiger partial charge in [-0.3, -0.25) is 4.90 Å². The second-order valence-electron chi connectivity index (χ2n) is 5.32. The van der Waals surface area contributed by atoms with E-state index >= 15 is 0 Å². The Morgan fingerprint density at radius 3 is 2.55 bits per heavy atom. The number of halogens is 1. The summed E-state index contributed by atoms with van der Waals surface area (Å²) in [6.45, 7) is 7.76. The fraction of sp³-hybridized carbons (Fsp3) is 0.562. The number of nitrogens with zero attached hydrogens (tertiary/aromatic N) is 2. The van der Waals surface area contributed by atoms with Crippen LogP contribution in [0.5, 0.6) is 5.75 Å². The number of carbonyl (C=O) groups is 1. The zero-order chi connectivity index (χ0) is 15.8. The summed E-state index contributed by atoms with van der Waals surface area (Å²) in [7, 11) is 0. The molecular weight excluding hydrogens is 302 g/mol. The van der Waals surface area contributed by atoms with Gasteiger partial charge in [0.15, 0.2) is 0 Å². The average molecular weight is 326 g/mol. The topological polar surface area (TPSA) is 44.8 Å². The minimum Gasteiger partial charge on any atom is -0.494 e. The molecule has 1 N–H and O–H groups in total. The SMILES string of the molecule is CCNC(=O)N1CCN(CCCOc2ccc(Cl)cc2)CC1. The van der Waals surface area contributed by atoms with Crippen LogP contribution >= 0.6 is 11.6 Å². The summed E-state index contributed by atoms with van der Waals surface area (Å²) in [5, 5.41) is 3.56. The standard InChI is InChI=1S/C16H24ClN3O2/c1-2-18-16(21)20-11-9-19(10-12-20)8-3-13-22-15-6-4-14(17)5-7-15/h4-7H,2-3,8-13H2,1H3,(H,18,21). The lowest BCUT2D eigenvalue weighted by atomic mass is 10.3. The molecule has 1 aromatic rings. The molecule has 22 heavy (non-hydrogen) atoms. The van der Waals surface area contributed by atoms with Crippen LogP contribution in [0.25, 0.3) is 0 Å². The van der Waals surface area contributed by atoms with E-state index in [0.717, 1.165) is 49.9 Å². The number of hydrogen-bond donors (Lipinski definition) is 1. The second-order valence-corrected chi connectivity index (χ2v) is 5.76. The number of nitrogens with one attached hydrogen (secondary N) is 1. The highest BCUT2D eigenvalue weighted by Crippen LogP contribution is 2.15. The van der Waals surface area contributed by atoms with Crippen molar-refractivity contribution >= 4 is 17.6 Å². The molecule has 1 saturated heterocycles. The first-order chi connectivity index (χ1) is 10.7. The van der Waals surface area contributed by atoms with Gasteiger partial charge in [0.05, 0.1) is 6.61 Å². The minimum atomic E-state index is 0.0493. The van der Waals surface area contributed by atoms with Crippen molar-refractivity contribution in [2.45, 2.75) is 13.3 Å². The first-order valence-electron chi connectivity index (χ1n) is 7.82. The number of carbonyl (C=O) groups excluding carboxylic acids is 1. The highest BCUT2D eigenvalue weighted by molar-refractivity contribution is 6.30. The fourth-order valence-corrected chi connectivity index (χ4v) is 2.57. The molecule has 0 aromatic heterocycles. The van der Waals surface area contributed by atoms with Crippen molar-refractivity contribution in [1.82, 2.24) is 15.1 Å². The zero-order valence-corrected chi connectivity index (χ0v) is 13.8. The van der Waals surface area contributed by atoms with Gasteiger partial charge >= 0.3 is 6.03 Å². The van der Waals surface area contributed by atoms with Gasteiger partial charge in [-0.1, -0.05) is 11.6 Å². The van der Waals surface area contributed by atoms with Crippen LogP contribution < -0.4 is 10.1 Å². The summed E-state index contributed by atoms with van der Waals surface area (Å²) < 4.78 is 5.68. The van der Waals surface area contributed by atoms with Gasteiger partial charge in [-0.2, -0.15) is 0 Å². The lowest BCUT2D eigenvalue weighted by molar-refractivity contribution is 0.134. The maximum atomic E-state index is 11.7. The Morgan fingerprint density at radius 2 is 1.91 bits per heavy atom. The number of rotatable bonds is 6. The Kier molecular flexibility index (Phi) is 6.80. The van der Waals surface area contributed by atoms with Crippen molar-refractivity contribution in [3.63, 3.8) is 0 Å². The van der Waals surface area contributed by atoms with E-state index in [1.807, 2.05) is 36.1 Å². The lowest BCUT2D eigenvalue weighted by Crippen LogP contribution is -2.51. The van der Waals surface area contributed by atoms with Crippen LogP contribution in [-0.4, -0.2) is 61.7 Å². The summed E-state index contributed by atoms with van der Waals surface area (Å²) in [5.41, 5.74) is 0. The monoisotopic (exact) mass is 325 g/mol. The van der Waals surface area contributed by atoms with Crippen LogP contribution in [0, 0.1) is 0 Å². The quantitative estimate of drug-likeness (QED) is 0.817. The third-order valence-electron chi connectivity index (χ3n) is 3.69. The summed E-state index contributed by atoms with van der Waals surface area (Å²) in [6, 6.07) is 7.48. The average Bonchev–Trinajstić information content (AvgIpc) is 2.54. The molecule has 1 fully saturated rings. The van der Waals surface area contributed by atoms with E-state index in [4.69, 9.17) is 16.3 Å². The van der Waals surface area contributed by atoms with Crippen LogP contribution in [0.2, 0.25) is 5.02 Å². The predicted octanol–water partition coefficient (Wildman–Crippen LogP) is 2.46. The van der Waals surface area contributed by atoms with E-state index < -0.39 is 0 Å². The molecular formula is C16H24ClN3O2. The number of piperazine rings is 1. The molecule has 1 aliphatic heterocycles. The second kappa shape index (κ2) is 8.86. The summed E-state index contributed by atoms with van der Waals surface area (Å²) in [4.78, 5) is 16.0. The molecule has 0 radical (unpaired) electrons. The maximum Gasteiger partial charge on any atom is 0.317 e. The van der Waals surface area contributed by atoms with Crippen molar-refractivity contribution in [2.24, 2.45) is 0 Å². The summed E-state index contributed by atoms with van der Waals surface area (Å²) >= 11 is 5.83. The molecule has 2 amide bonds. The normalized spacial score (nSPS) is 15.6. The summed E-state index contributed by atoms with van der Waals surface area (Å²) in [5.74, 6) is 0.852. The zero-order valence-electron chi connectivity index (χ0n) is 13.1. The molecule has 6 heteroatoms. The minimum absolute atomic E-state index is 0.0493. The third kappa shape index (κ3) is 5.39. The fourth-order valence-electron chi connectivity index (χ4n) is 2.45. The van der Waals surface area contributed by atoms with Crippen molar-refractivity contribution in [2.75, 3.05) is 45.9 Å². The van der Waals surface area contributed by atoms with Gasteiger partial charge in [-0.05, 0) is 37.6 Å². The molecule has 122 valence electrons. The lowest BCUT2D eigenvalue weighted by Gasteiger charge is -2.34. The van der Waals surface area contributed by atoms with Crippen LogP contribution in [-0.2, 0) is 0 Å². The molecule has 1 aromatic carbocycles. The molecule has 0 bridgehead atoms. The van der Waals surface area contributed by atoms with Gasteiger partial charge < -0.3 is 15.0 Å². The van der Waals surface area contributed by atoms with E-state index in [9.17, 15) is 4.79 Å². The van der Waals surface area contributed by atoms with E-state index in [1.54, 1.807) is 0 Å². The van der Waals surface area contributed by atoms with Crippen molar-refractivity contribution in [1.29, 1.82) is 0 Å². The Morgan fingerprint density at radius 1 is 1.23 bits per heavy atom. The largest absolute Gasteiger partial charge is 0.494 e. The molecule has 1 heterocycles. The first kappa shape index (κ1) is 16.9. The number of ether oxygens (including phenoxy) is 1. The van der Waals surface area contributed by atoms with Gasteiger partial charge in [-0.25, -0.2) is 4.79 Å². The number of hydrogen-bond acceptors (Lipinski definition) is 3. The molecule has 0 spiro atoms. The smallest absolute Gasteiger partial charge is 0.317 e. The molecule has 0 saturated carbocycles. The van der Waals surface area contributed by atoms with Crippen LogP contribution in [0.3, 0.4) is 0 Å². The Bertz CT molecular complexity index is 459. The van der Waals surface area contributed by atoms with Gasteiger partial charge in [0.2, 0.25) is 0 Å². The molecule has 0 aliphatic carbocycles. The van der Waals surface area contributed by atoms with Crippen molar-refractivity contribution in [3.8, 4) is 5.75 Å². The number of urea groups is 1. The van der Waals surface area contributed by atoms with Crippen LogP contribution in [0.1, 0.15) is 13.3 Å². The van der Waals surface area contributed by atoms with Crippen molar-refractivity contribution in [3.05, 3.63) is 29.3 Å².